The molecule has 0 atom stereocenters. The first-order chi connectivity index (χ1) is 6.03. The molecule has 13 heavy (non-hydrogen) atoms. The zero-order valence-corrected chi connectivity index (χ0v) is 8.83. The molecule has 0 saturated carbocycles. The van der Waals surface area contributed by atoms with E-state index in [9.17, 15) is 0 Å². The monoisotopic (exact) mass is 182 g/mol. The molecule has 1 heterocycles. The van der Waals surface area contributed by atoms with Gasteiger partial charge >= 0.3 is 0 Å². The van der Waals surface area contributed by atoms with Crippen molar-refractivity contribution in [1.29, 1.82) is 0 Å². The maximum absolute atomic E-state index is 4.00. The molecule has 0 amide bonds. The minimum Gasteiger partial charge on any atom is -0.306 e. The summed E-state index contributed by atoms with van der Waals surface area (Å²) in [5.74, 6) is 0. The number of hydrogen-bond acceptors (Lipinski definition) is 3. The van der Waals surface area contributed by atoms with Crippen LogP contribution in [0.15, 0.2) is 6.20 Å². The highest BCUT2D eigenvalue weighted by Crippen LogP contribution is 2.07. The first-order valence-electron chi connectivity index (χ1n) is 4.64. The van der Waals surface area contributed by atoms with E-state index in [1.807, 2.05) is 13.2 Å². The summed E-state index contributed by atoms with van der Waals surface area (Å²) in [6.07, 6.45) is 3.03. The molecule has 1 rings (SSSR count). The Morgan fingerprint density at radius 3 is 2.69 bits per heavy atom. The normalized spacial score (nSPS) is 12.0. The number of aromatic nitrogens is 3. The summed E-state index contributed by atoms with van der Waals surface area (Å²) in [4.78, 5) is 0. The van der Waals surface area contributed by atoms with E-state index in [0.717, 1.165) is 18.7 Å². The van der Waals surface area contributed by atoms with Gasteiger partial charge in [0.25, 0.3) is 0 Å². The van der Waals surface area contributed by atoms with Crippen molar-refractivity contribution in [3.05, 3.63) is 11.9 Å². The number of rotatable bonds is 4. The lowest BCUT2D eigenvalue weighted by Crippen LogP contribution is -2.37. The van der Waals surface area contributed by atoms with Gasteiger partial charge in [-0.25, -0.2) is 0 Å². The number of aryl methyl sites for hydroxylation is 1. The van der Waals surface area contributed by atoms with Crippen LogP contribution in [0.3, 0.4) is 0 Å². The van der Waals surface area contributed by atoms with Gasteiger partial charge < -0.3 is 5.32 Å². The highest BCUT2D eigenvalue weighted by molar-refractivity contribution is 4.92. The second kappa shape index (κ2) is 3.87. The maximum atomic E-state index is 4.00. The Balaban J connectivity index is 2.43. The molecule has 0 aliphatic rings. The van der Waals surface area contributed by atoms with E-state index in [0.29, 0.717) is 0 Å². The fourth-order valence-corrected chi connectivity index (χ4v) is 0.931. The van der Waals surface area contributed by atoms with Crippen LogP contribution in [0.4, 0.5) is 0 Å². The summed E-state index contributed by atoms with van der Waals surface area (Å²) >= 11 is 0. The zero-order chi connectivity index (χ0) is 9.90. The molecule has 0 spiro atoms. The molecule has 4 heteroatoms. The predicted octanol–water partition coefficient (Wildman–Crippen LogP) is 1.09. The highest BCUT2D eigenvalue weighted by atomic mass is 15.4. The lowest BCUT2D eigenvalue weighted by Gasteiger charge is -2.23. The van der Waals surface area contributed by atoms with Crippen molar-refractivity contribution in [1.82, 2.24) is 20.3 Å². The summed E-state index contributed by atoms with van der Waals surface area (Å²) in [7, 11) is 1.88. The van der Waals surface area contributed by atoms with Crippen molar-refractivity contribution in [2.45, 2.75) is 39.3 Å². The first kappa shape index (κ1) is 10.2. The quantitative estimate of drug-likeness (QED) is 0.758. The third kappa shape index (κ3) is 3.14. The SMILES string of the molecule is CCC(C)(C)NCc1cn(C)nn1. The molecule has 0 fully saturated rings. The van der Waals surface area contributed by atoms with E-state index in [-0.39, 0.29) is 5.54 Å². The molecular weight excluding hydrogens is 164 g/mol. The minimum absolute atomic E-state index is 0.178. The highest BCUT2D eigenvalue weighted by Gasteiger charge is 2.13. The summed E-state index contributed by atoms with van der Waals surface area (Å²) in [5.41, 5.74) is 1.17. The molecule has 0 aliphatic carbocycles. The Hall–Kier alpha value is -0.900. The van der Waals surface area contributed by atoms with Gasteiger partial charge in [-0.2, -0.15) is 0 Å². The molecule has 4 nitrogen and oxygen atoms in total. The molecule has 0 radical (unpaired) electrons. The van der Waals surface area contributed by atoms with Crippen LogP contribution in [0.25, 0.3) is 0 Å². The molecule has 0 aliphatic heterocycles. The molecule has 0 unspecified atom stereocenters. The molecule has 0 bridgehead atoms. The van der Waals surface area contributed by atoms with Gasteiger partial charge in [-0.3, -0.25) is 4.68 Å². The number of nitrogens with one attached hydrogen (secondary N) is 1. The third-order valence-electron chi connectivity index (χ3n) is 2.28. The van der Waals surface area contributed by atoms with Gasteiger partial charge in [0.15, 0.2) is 0 Å². The van der Waals surface area contributed by atoms with Crippen molar-refractivity contribution in [2.24, 2.45) is 7.05 Å². The Bertz CT molecular complexity index is 264. The Morgan fingerprint density at radius 2 is 2.23 bits per heavy atom. The topological polar surface area (TPSA) is 42.7 Å². The Labute approximate surface area is 79.3 Å². The van der Waals surface area contributed by atoms with Crippen LogP contribution in [-0.4, -0.2) is 20.5 Å². The van der Waals surface area contributed by atoms with Gasteiger partial charge in [0, 0.05) is 25.3 Å². The van der Waals surface area contributed by atoms with Crippen LogP contribution in [-0.2, 0) is 13.6 Å². The van der Waals surface area contributed by atoms with Crippen LogP contribution in [0.1, 0.15) is 32.9 Å². The van der Waals surface area contributed by atoms with E-state index in [2.05, 4.69) is 36.4 Å². The number of nitrogens with zero attached hydrogens (tertiary/aromatic N) is 3. The minimum atomic E-state index is 0.178. The standard InChI is InChI=1S/C9H18N4/c1-5-9(2,3)10-6-8-7-13(4)12-11-8/h7,10H,5-6H2,1-4H3. The second-order valence-electron chi connectivity index (χ2n) is 3.97. The summed E-state index contributed by atoms with van der Waals surface area (Å²) in [5, 5.41) is 11.3. The van der Waals surface area contributed by atoms with Gasteiger partial charge in [0.05, 0.1) is 5.69 Å². The summed E-state index contributed by atoms with van der Waals surface area (Å²) in [6.45, 7) is 7.32. The lowest BCUT2D eigenvalue weighted by molar-refractivity contribution is 0.372. The maximum Gasteiger partial charge on any atom is 0.0964 e. The van der Waals surface area contributed by atoms with E-state index in [1.165, 1.54) is 0 Å². The van der Waals surface area contributed by atoms with Crippen molar-refractivity contribution in [3.8, 4) is 0 Å². The Kier molecular flexibility index (Phi) is 3.03. The van der Waals surface area contributed by atoms with Crippen LogP contribution < -0.4 is 5.32 Å². The van der Waals surface area contributed by atoms with Crippen molar-refractivity contribution >= 4 is 0 Å². The Morgan fingerprint density at radius 1 is 1.54 bits per heavy atom. The van der Waals surface area contributed by atoms with Crippen molar-refractivity contribution in [2.75, 3.05) is 0 Å². The van der Waals surface area contributed by atoms with E-state index >= 15 is 0 Å². The fourth-order valence-electron chi connectivity index (χ4n) is 0.931. The van der Waals surface area contributed by atoms with E-state index in [1.54, 1.807) is 4.68 Å². The summed E-state index contributed by atoms with van der Waals surface area (Å²) < 4.78 is 1.72. The number of hydrogen-bond donors (Lipinski definition) is 1. The average molecular weight is 182 g/mol. The second-order valence-corrected chi connectivity index (χ2v) is 3.97. The lowest BCUT2D eigenvalue weighted by atomic mass is 10.0. The molecule has 1 N–H and O–H groups in total. The van der Waals surface area contributed by atoms with Crippen molar-refractivity contribution < 1.29 is 0 Å². The predicted molar refractivity (Wildman–Crippen MR) is 52.2 cm³/mol. The van der Waals surface area contributed by atoms with Gasteiger partial charge in [0.1, 0.15) is 0 Å². The van der Waals surface area contributed by atoms with E-state index < -0.39 is 0 Å². The molecule has 1 aromatic heterocycles. The average Bonchev–Trinajstić information content (AvgIpc) is 2.48. The van der Waals surface area contributed by atoms with Gasteiger partial charge in [-0.15, -0.1) is 5.10 Å². The molecule has 0 aromatic carbocycles. The zero-order valence-electron chi connectivity index (χ0n) is 8.83. The van der Waals surface area contributed by atoms with Crippen molar-refractivity contribution in [3.63, 3.8) is 0 Å². The largest absolute Gasteiger partial charge is 0.306 e. The smallest absolute Gasteiger partial charge is 0.0964 e. The van der Waals surface area contributed by atoms with Gasteiger partial charge in [0.2, 0.25) is 0 Å². The van der Waals surface area contributed by atoms with Crippen LogP contribution in [0.2, 0.25) is 0 Å². The van der Waals surface area contributed by atoms with E-state index in [4.69, 9.17) is 0 Å². The van der Waals surface area contributed by atoms with Gasteiger partial charge in [-0.05, 0) is 20.3 Å². The molecule has 1 aromatic rings. The first-order valence-corrected chi connectivity index (χ1v) is 4.64. The van der Waals surface area contributed by atoms with Crippen LogP contribution in [0, 0.1) is 0 Å². The third-order valence-corrected chi connectivity index (χ3v) is 2.28. The molecule has 0 saturated heterocycles. The van der Waals surface area contributed by atoms with Crippen LogP contribution in [0.5, 0.6) is 0 Å². The molecule has 74 valence electrons. The fraction of sp³-hybridized carbons (Fsp3) is 0.778. The van der Waals surface area contributed by atoms with Crippen LogP contribution >= 0.6 is 0 Å². The summed E-state index contributed by atoms with van der Waals surface area (Å²) in [6, 6.07) is 0. The van der Waals surface area contributed by atoms with Gasteiger partial charge in [-0.1, -0.05) is 12.1 Å². The molecular formula is C9H18N4.